The molecule has 3 rings (SSSR count). The van der Waals surface area contributed by atoms with Crippen LogP contribution in [0.3, 0.4) is 0 Å². The Morgan fingerprint density at radius 2 is 1.56 bits per heavy atom. The van der Waals surface area contributed by atoms with Gasteiger partial charge in [-0.15, -0.1) is 0 Å². The third-order valence-corrected chi connectivity index (χ3v) is 3.92. The van der Waals surface area contributed by atoms with E-state index in [-0.39, 0.29) is 6.03 Å². The van der Waals surface area contributed by atoms with Gasteiger partial charge >= 0.3 is 6.03 Å². The van der Waals surface area contributed by atoms with E-state index >= 15 is 0 Å². The smallest absolute Gasteiger partial charge is 0.319 e. The SMILES string of the molecule is COc1cccc(CCNC(=O)Nc2ccc(Oc3ccccc3)cc2)c1. The third-order valence-electron chi connectivity index (χ3n) is 3.92. The Bertz CT molecular complexity index is 864. The van der Waals surface area contributed by atoms with Crippen LogP contribution in [0.5, 0.6) is 17.2 Å². The number of nitrogens with one attached hydrogen (secondary N) is 2. The molecule has 5 heteroatoms. The summed E-state index contributed by atoms with van der Waals surface area (Å²) in [7, 11) is 1.64. The molecule has 0 unspecified atom stereocenters. The lowest BCUT2D eigenvalue weighted by Crippen LogP contribution is -2.30. The van der Waals surface area contributed by atoms with Crippen LogP contribution in [0, 0.1) is 0 Å². The topological polar surface area (TPSA) is 59.6 Å². The van der Waals surface area contributed by atoms with Gasteiger partial charge in [-0.25, -0.2) is 4.79 Å². The van der Waals surface area contributed by atoms with Crippen molar-refractivity contribution in [1.29, 1.82) is 0 Å². The van der Waals surface area contributed by atoms with E-state index in [1.165, 1.54) is 0 Å². The van der Waals surface area contributed by atoms with E-state index < -0.39 is 0 Å². The molecule has 0 saturated heterocycles. The molecule has 0 heterocycles. The Morgan fingerprint density at radius 3 is 2.30 bits per heavy atom. The number of ether oxygens (including phenoxy) is 2. The standard InChI is InChI=1S/C22H22N2O3/c1-26-21-9-5-6-17(16-21)14-15-23-22(25)24-18-10-12-20(13-11-18)27-19-7-3-2-4-8-19/h2-13,16H,14-15H2,1H3,(H2,23,24,25). The molecular formula is C22H22N2O3. The molecule has 138 valence electrons. The second kappa shape index (κ2) is 9.29. The van der Waals surface area contributed by atoms with Gasteiger partial charge in [0.25, 0.3) is 0 Å². The number of carbonyl (C=O) groups excluding carboxylic acids is 1. The van der Waals surface area contributed by atoms with Crippen molar-refractivity contribution in [3.05, 3.63) is 84.4 Å². The number of methoxy groups -OCH3 is 1. The molecule has 0 saturated carbocycles. The van der Waals surface area contributed by atoms with Crippen molar-refractivity contribution < 1.29 is 14.3 Å². The van der Waals surface area contributed by atoms with Gasteiger partial charge in [0.1, 0.15) is 17.2 Å². The summed E-state index contributed by atoms with van der Waals surface area (Å²) in [4.78, 5) is 12.0. The highest BCUT2D eigenvalue weighted by molar-refractivity contribution is 5.89. The Morgan fingerprint density at radius 1 is 0.852 bits per heavy atom. The van der Waals surface area contributed by atoms with Crippen LogP contribution >= 0.6 is 0 Å². The first-order chi connectivity index (χ1) is 13.2. The van der Waals surface area contributed by atoms with E-state index in [1.807, 2.05) is 66.7 Å². The molecule has 0 atom stereocenters. The predicted octanol–water partition coefficient (Wildman–Crippen LogP) is 4.85. The van der Waals surface area contributed by atoms with Gasteiger partial charge in [0.05, 0.1) is 7.11 Å². The van der Waals surface area contributed by atoms with Crippen LogP contribution in [0.1, 0.15) is 5.56 Å². The van der Waals surface area contributed by atoms with Crippen molar-refractivity contribution >= 4 is 11.7 Å². The minimum atomic E-state index is -0.241. The third kappa shape index (κ3) is 5.78. The number of benzene rings is 3. The van der Waals surface area contributed by atoms with Gasteiger partial charge in [-0.3, -0.25) is 0 Å². The van der Waals surface area contributed by atoms with Crippen LogP contribution in [0.25, 0.3) is 0 Å². The summed E-state index contributed by atoms with van der Waals surface area (Å²) < 4.78 is 10.9. The van der Waals surface area contributed by atoms with E-state index in [0.717, 1.165) is 23.5 Å². The van der Waals surface area contributed by atoms with Crippen LogP contribution in [0.2, 0.25) is 0 Å². The van der Waals surface area contributed by atoms with Crippen molar-refractivity contribution in [3.8, 4) is 17.2 Å². The molecule has 0 aliphatic rings. The van der Waals surface area contributed by atoms with Gasteiger partial charge < -0.3 is 20.1 Å². The number of carbonyl (C=O) groups is 1. The van der Waals surface area contributed by atoms with Gasteiger partial charge in [-0.05, 0) is 60.5 Å². The van der Waals surface area contributed by atoms with Crippen molar-refractivity contribution in [2.45, 2.75) is 6.42 Å². The molecule has 0 aromatic heterocycles. The molecule has 0 aliphatic heterocycles. The number of urea groups is 1. The number of hydrogen-bond acceptors (Lipinski definition) is 3. The summed E-state index contributed by atoms with van der Waals surface area (Å²) in [6.07, 6.45) is 0.731. The Kier molecular flexibility index (Phi) is 6.30. The Balaban J connectivity index is 1.45. The summed E-state index contributed by atoms with van der Waals surface area (Å²) in [5.41, 5.74) is 1.81. The predicted molar refractivity (Wildman–Crippen MR) is 107 cm³/mol. The second-order valence-electron chi connectivity index (χ2n) is 5.92. The molecule has 0 bridgehead atoms. The highest BCUT2D eigenvalue weighted by Crippen LogP contribution is 2.22. The van der Waals surface area contributed by atoms with Gasteiger partial charge in [0.15, 0.2) is 0 Å². The van der Waals surface area contributed by atoms with Crippen LogP contribution in [0.15, 0.2) is 78.9 Å². The van der Waals surface area contributed by atoms with E-state index in [9.17, 15) is 4.79 Å². The summed E-state index contributed by atoms with van der Waals surface area (Å²) in [5.74, 6) is 2.30. The monoisotopic (exact) mass is 362 g/mol. The molecule has 0 fully saturated rings. The molecule has 2 amide bonds. The molecular weight excluding hydrogens is 340 g/mol. The summed E-state index contributed by atoms with van der Waals surface area (Å²) in [6, 6.07) is 24.4. The fourth-order valence-electron chi connectivity index (χ4n) is 2.55. The number of amides is 2. The minimum absolute atomic E-state index is 0.241. The van der Waals surface area contributed by atoms with Gasteiger partial charge in [-0.1, -0.05) is 30.3 Å². The fraction of sp³-hybridized carbons (Fsp3) is 0.136. The van der Waals surface area contributed by atoms with Crippen molar-refractivity contribution in [2.24, 2.45) is 0 Å². The lowest BCUT2D eigenvalue weighted by molar-refractivity contribution is 0.252. The second-order valence-corrected chi connectivity index (χ2v) is 5.92. The highest BCUT2D eigenvalue weighted by Gasteiger charge is 2.03. The molecule has 0 spiro atoms. The molecule has 0 aliphatic carbocycles. The average Bonchev–Trinajstić information content (AvgIpc) is 2.70. The largest absolute Gasteiger partial charge is 0.497 e. The van der Waals surface area contributed by atoms with E-state index in [0.29, 0.717) is 18.0 Å². The van der Waals surface area contributed by atoms with Gasteiger partial charge in [0, 0.05) is 12.2 Å². The van der Waals surface area contributed by atoms with Gasteiger partial charge in [-0.2, -0.15) is 0 Å². The number of hydrogen-bond donors (Lipinski definition) is 2. The van der Waals surface area contributed by atoms with Crippen LogP contribution in [-0.4, -0.2) is 19.7 Å². The quantitative estimate of drug-likeness (QED) is 0.631. The summed E-state index contributed by atoms with van der Waals surface area (Å²) in [6.45, 7) is 0.536. The number of anilines is 1. The first kappa shape index (κ1) is 18.3. The lowest BCUT2D eigenvalue weighted by atomic mass is 10.1. The Labute approximate surface area is 158 Å². The van der Waals surface area contributed by atoms with E-state index in [1.54, 1.807) is 19.2 Å². The maximum absolute atomic E-state index is 12.0. The maximum atomic E-state index is 12.0. The molecule has 5 nitrogen and oxygen atoms in total. The summed E-state index contributed by atoms with van der Waals surface area (Å²) in [5, 5.41) is 5.66. The Hall–Kier alpha value is -3.47. The highest BCUT2D eigenvalue weighted by atomic mass is 16.5. The van der Waals surface area contributed by atoms with Crippen LogP contribution in [-0.2, 0) is 6.42 Å². The zero-order valence-electron chi connectivity index (χ0n) is 15.1. The van der Waals surface area contributed by atoms with Crippen molar-refractivity contribution in [3.63, 3.8) is 0 Å². The molecule has 3 aromatic carbocycles. The van der Waals surface area contributed by atoms with Crippen LogP contribution in [0.4, 0.5) is 10.5 Å². The normalized spacial score (nSPS) is 10.1. The van der Waals surface area contributed by atoms with Crippen molar-refractivity contribution in [1.82, 2.24) is 5.32 Å². The molecule has 0 radical (unpaired) electrons. The zero-order valence-corrected chi connectivity index (χ0v) is 15.1. The van der Waals surface area contributed by atoms with Crippen molar-refractivity contribution in [2.75, 3.05) is 19.0 Å². The van der Waals surface area contributed by atoms with E-state index in [4.69, 9.17) is 9.47 Å². The van der Waals surface area contributed by atoms with Gasteiger partial charge in [0.2, 0.25) is 0 Å². The molecule has 2 N–H and O–H groups in total. The zero-order chi connectivity index (χ0) is 18.9. The minimum Gasteiger partial charge on any atom is -0.497 e. The number of rotatable bonds is 7. The molecule has 3 aromatic rings. The first-order valence-electron chi connectivity index (χ1n) is 8.74. The lowest BCUT2D eigenvalue weighted by Gasteiger charge is -2.10. The van der Waals surface area contributed by atoms with E-state index in [2.05, 4.69) is 10.6 Å². The summed E-state index contributed by atoms with van der Waals surface area (Å²) >= 11 is 0. The van der Waals surface area contributed by atoms with Crippen LogP contribution < -0.4 is 20.1 Å². The fourth-order valence-corrected chi connectivity index (χ4v) is 2.55. The number of para-hydroxylation sites is 1. The first-order valence-corrected chi connectivity index (χ1v) is 8.74. The maximum Gasteiger partial charge on any atom is 0.319 e. The molecule has 27 heavy (non-hydrogen) atoms. The average molecular weight is 362 g/mol.